The topological polar surface area (TPSA) is 56.8 Å². The zero-order chi connectivity index (χ0) is 20.2. The van der Waals surface area contributed by atoms with Crippen LogP contribution in [0, 0.1) is 0 Å². The molecular formula is C24H25NO4. The van der Waals surface area contributed by atoms with Gasteiger partial charge in [-0.15, -0.1) is 0 Å². The number of hydrogen-bond acceptors (Lipinski definition) is 4. The Kier molecular flexibility index (Phi) is 5.56. The molecular weight excluding hydrogens is 366 g/mol. The zero-order valence-electron chi connectivity index (χ0n) is 16.7. The van der Waals surface area contributed by atoms with Gasteiger partial charge in [-0.05, 0) is 48.9 Å². The molecule has 0 saturated heterocycles. The molecule has 5 heteroatoms. The lowest BCUT2D eigenvalue weighted by atomic mass is 10.1. The molecule has 4 rings (SSSR count). The average molecular weight is 391 g/mol. The highest BCUT2D eigenvalue weighted by Gasteiger charge is 2.22. The number of hydrogen-bond donors (Lipinski definition) is 1. The van der Waals surface area contributed by atoms with E-state index in [4.69, 9.17) is 14.2 Å². The van der Waals surface area contributed by atoms with E-state index in [-0.39, 0.29) is 18.6 Å². The van der Waals surface area contributed by atoms with Gasteiger partial charge < -0.3 is 19.5 Å². The van der Waals surface area contributed by atoms with Crippen LogP contribution < -0.4 is 19.5 Å². The van der Waals surface area contributed by atoms with Crippen LogP contribution in [0.1, 0.15) is 25.0 Å². The molecule has 1 heterocycles. The van der Waals surface area contributed by atoms with E-state index in [1.54, 1.807) is 0 Å². The summed E-state index contributed by atoms with van der Waals surface area (Å²) in [5.41, 5.74) is 2.05. The third kappa shape index (κ3) is 4.45. The van der Waals surface area contributed by atoms with Gasteiger partial charge in [-0.2, -0.15) is 0 Å². The van der Waals surface area contributed by atoms with Crippen molar-refractivity contribution in [3.8, 4) is 17.2 Å². The van der Waals surface area contributed by atoms with Gasteiger partial charge in [0, 0.05) is 24.1 Å². The quantitative estimate of drug-likeness (QED) is 0.654. The van der Waals surface area contributed by atoms with Crippen LogP contribution in [0.25, 0.3) is 10.8 Å². The van der Waals surface area contributed by atoms with Crippen molar-refractivity contribution in [2.24, 2.45) is 0 Å². The zero-order valence-corrected chi connectivity index (χ0v) is 16.7. The number of ether oxygens (including phenoxy) is 3. The predicted octanol–water partition coefficient (Wildman–Crippen LogP) is 4.26. The summed E-state index contributed by atoms with van der Waals surface area (Å²) in [5, 5.41) is 5.13. The molecule has 0 fully saturated rings. The molecule has 0 unspecified atom stereocenters. The first-order valence-corrected chi connectivity index (χ1v) is 9.96. The Morgan fingerprint density at radius 1 is 1.10 bits per heavy atom. The minimum Gasteiger partial charge on any atom is -0.494 e. The lowest BCUT2D eigenvalue weighted by Gasteiger charge is -2.14. The van der Waals surface area contributed by atoms with Crippen molar-refractivity contribution >= 4 is 16.7 Å². The SMILES string of the molecule is CCOc1cc2c(cc1CNC(=O)COc1ccc3ccccc3c1)O[C@@H](C)C2. The Morgan fingerprint density at radius 3 is 2.76 bits per heavy atom. The van der Waals surface area contributed by atoms with E-state index in [0.29, 0.717) is 18.9 Å². The molecule has 5 nitrogen and oxygen atoms in total. The second-order valence-corrected chi connectivity index (χ2v) is 7.21. The molecule has 0 aromatic heterocycles. The fourth-order valence-corrected chi connectivity index (χ4v) is 3.56. The van der Waals surface area contributed by atoms with Crippen molar-refractivity contribution in [2.75, 3.05) is 13.2 Å². The van der Waals surface area contributed by atoms with Gasteiger partial charge in [-0.25, -0.2) is 0 Å². The fourth-order valence-electron chi connectivity index (χ4n) is 3.56. The minimum atomic E-state index is -0.185. The third-order valence-electron chi connectivity index (χ3n) is 4.95. The average Bonchev–Trinajstić information content (AvgIpc) is 3.09. The molecule has 1 aliphatic rings. The highest BCUT2D eigenvalue weighted by molar-refractivity contribution is 5.84. The summed E-state index contributed by atoms with van der Waals surface area (Å²) in [6.45, 7) is 4.89. The first-order valence-electron chi connectivity index (χ1n) is 9.96. The van der Waals surface area contributed by atoms with Crippen LogP contribution in [0.5, 0.6) is 17.2 Å². The van der Waals surface area contributed by atoms with Gasteiger partial charge >= 0.3 is 0 Å². The summed E-state index contributed by atoms with van der Waals surface area (Å²) in [5.74, 6) is 2.15. The molecule has 150 valence electrons. The van der Waals surface area contributed by atoms with Crippen molar-refractivity contribution in [1.29, 1.82) is 0 Å². The maximum absolute atomic E-state index is 12.3. The van der Waals surface area contributed by atoms with Crippen LogP contribution >= 0.6 is 0 Å². The molecule has 3 aromatic carbocycles. The molecule has 1 N–H and O–H groups in total. The maximum Gasteiger partial charge on any atom is 0.258 e. The first-order chi connectivity index (χ1) is 14.1. The first kappa shape index (κ1) is 19.1. The largest absolute Gasteiger partial charge is 0.494 e. The van der Waals surface area contributed by atoms with Crippen LogP contribution in [0.4, 0.5) is 0 Å². The lowest BCUT2D eigenvalue weighted by Crippen LogP contribution is -2.28. The van der Waals surface area contributed by atoms with E-state index in [1.807, 2.05) is 68.4 Å². The van der Waals surface area contributed by atoms with Crippen molar-refractivity contribution in [2.45, 2.75) is 32.9 Å². The molecule has 1 atom stereocenters. The summed E-state index contributed by atoms with van der Waals surface area (Å²) >= 11 is 0. The Bertz CT molecular complexity index is 1030. The van der Waals surface area contributed by atoms with Gasteiger partial charge in [-0.3, -0.25) is 4.79 Å². The molecule has 1 amide bonds. The Balaban J connectivity index is 1.37. The number of carbonyl (C=O) groups is 1. The van der Waals surface area contributed by atoms with Gasteiger partial charge in [-0.1, -0.05) is 30.3 Å². The van der Waals surface area contributed by atoms with Crippen LogP contribution in [-0.2, 0) is 17.8 Å². The standard InChI is InChI=1S/C24H25NO4/c1-3-27-22-12-19-10-16(2)29-23(19)13-20(22)14-25-24(26)15-28-21-9-8-17-6-4-5-7-18(17)11-21/h4-9,11-13,16H,3,10,14-15H2,1-2H3,(H,25,26)/t16-/m0/s1. The van der Waals surface area contributed by atoms with Gasteiger partial charge in [0.15, 0.2) is 6.61 Å². The Morgan fingerprint density at radius 2 is 1.93 bits per heavy atom. The maximum atomic E-state index is 12.3. The normalized spacial score (nSPS) is 14.9. The van der Waals surface area contributed by atoms with E-state index in [0.717, 1.165) is 39.8 Å². The number of fused-ring (bicyclic) bond motifs is 2. The van der Waals surface area contributed by atoms with Gasteiger partial charge in [0.05, 0.1) is 6.61 Å². The van der Waals surface area contributed by atoms with Gasteiger partial charge in [0.25, 0.3) is 5.91 Å². The molecule has 0 saturated carbocycles. The molecule has 1 aliphatic heterocycles. The molecule has 29 heavy (non-hydrogen) atoms. The number of nitrogens with one attached hydrogen (secondary N) is 1. The molecule has 0 bridgehead atoms. The predicted molar refractivity (Wildman–Crippen MR) is 113 cm³/mol. The van der Waals surface area contributed by atoms with Crippen LogP contribution in [0.3, 0.4) is 0 Å². The van der Waals surface area contributed by atoms with E-state index in [9.17, 15) is 4.79 Å². The molecule has 0 aliphatic carbocycles. The second kappa shape index (κ2) is 8.43. The summed E-state index contributed by atoms with van der Waals surface area (Å²) in [6, 6.07) is 17.8. The van der Waals surface area contributed by atoms with Crippen LogP contribution in [0.2, 0.25) is 0 Å². The summed E-state index contributed by atoms with van der Waals surface area (Å²) in [7, 11) is 0. The Hall–Kier alpha value is -3.21. The molecule has 0 spiro atoms. The van der Waals surface area contributed by atoms with Crippen LogP contribution in [-0.4, -0.2) is 25.2 Å². The van der Waals surface area contributed by atoms with Gasteiger partial charge in [0.2, 0.25) is 0 Å². The second-order valence-electron chi connectivity index (χ2n) is 7.21. The summed E-state index contributed by atoms with van der Waals surface area (Å²) in [6.07, 6.45) is 1.04. The van der Waals surface area contributed by atoms with Crippen molar-refractivity contribution in [3.05, 3.63) is 65.7 Å². The molecule has 3 aromatic rings. The van der Waals surface area contributed by atoms with Crippen LogP contribution in [0.15, 0.2) is 54.6 Å². The number of rotatable bonds is 7. The lowest BCUT2D eigenvalue weighted by molar-refractivity contribution is -0.123. The smallest absolute Gasteiger partial charge is 0.258 e. The number of amides is 1. The van der Waals surface area contributed by atoms with Crippen molar-refractivity contribution < 1.29 is 19.0 Å². The summed E-state index contributed by atoms with van der Waals surface area (Å²) in [4.78, 5) is 12.3. The number of benzene rings is 3. The van der Waals surface area contributed by atoms with E-state index < -0.39 is 0 Å². The van der Waals surface area contributed by atoms with Crippen molar-refractivity contribution in [1.82, 2.24) is 5.32 Å². The summed E-state index contributed by atoms with van der Waals surface area (Å²) < 4.78 is 17.3. The number of carbonyl (C=O) groups excluding carboxylic acids is 1. The fraction of sp³-hybridized carbons (Fsp3) is 0.292. The van der Waals surface area contributed by atoms with Gasteiger partial charge in [0.1, 0.15) is 23.4 Å². The minimum absolute atomic E-state index is 0.0409. The van der Waals surface area contributed by atoms with E-state index >= 15 is 0 Å². The monoisotopic (exact) mass is 391 g/mol. The molecule has 0 radical (unpaired) electrons. The van der Waals surface area contributed by atoms with E-state index in [2.05, 4.69) is 5.32 Å². The highest BCUT2D eigenvalue weighted by atomic mass is 16.5. The highest BCUT2D eigenvalue weighted by Crippen LogP contribution is 2.35. The Labute approximate surface area is 170 Å². The van der Waals surface area contributed by atoms with Crippen molar-refractivity contribution in [3.63, 3.8) is 0 Å². The third-order valence-corrected chi connectivity index (χ3v) is 4.95. The van der Waals surface area contributed by atoms with E-state index in [1.165, 1.54) is 0 Å².